The van der Waals surface area contributed by atoms with Crippen LogP contribution in [0.15, 0.2) is 33.3 Å². The Morgan fingerprint density at radius 3 is 1.55 bits per heavy atom. The Morgan fingerprint density at radius 2 is 1.10 bits per heavy atom. The van der Waals surface area contributed by atoms with Crippen LogP contribution in [-0.2, 0) is 0 Å². The number of fused-ring (bicyclic) bond motifs is 2. The van der Waals surface area contributed by atoms with Crippen LogP contribution in [0.3, 0.4) is 0 Å². The van der Waals surface area contributed by atoms with E-state index in [0.29, 0.717) is 13.2 Å². The highest BCUT2D eigenvalue weighted by atomic mass is 16.5. The van der Waals surface area contributed by atoms with Crippen molar-refractivity contribution in [3.8, 4) is 11.5 Å². The third-order valence-corrected chi connectivity index (χ3v) is 5.34. The molecule has 2 aromatic carbocycles. The van der Waals surface area contributed by atoms with Gasteiger partial charge in [-0.1, -0.05) is 10.3 Å². The number of aromatic nitrogens is 2. The molecule has 0 aliphatic heterocycles. The lowest BCUT2D eigenvalue weighted by Gasteiger charge is -2.10. The number of benzene rings is 2. The van der Waals surface area contributed by atoms with E-state index in [1.807, 2.05) is 52.0 Å². The van der Waals surface area contributed by atoms with Gasteiger partial charge in [0.05, 0.1) is 24.6 Å². The number of ether oxygens (including phenoxy) is 2. The zero-order chi connectivity index (χ0) is 20.4. The van der Waals surface area contributed by atoms with Crippen LogP contribution in [0.25, 0.3) is 21.9 Å². The molecule has 0 unspecified atom stereocenters. The lowest BCUT2D eigenvalue weighted by atomic mass is 10.1. The quantitative estimate of drug-likeness (QED) is 0.350. The molecule has 29 heavy (non-hydrogen) atoms. The maximum Gasteiger partial charge on any atom is 0.173 e. The molecule has 0 atom stereocenters. The largest absolute Gasteiger partial charge is 0.493 e. The number of nitrogens with zero attached hydrogens (tertiary/aromatic N) is 2. The zero-order valence-corrected chi connectivity index (χ0v) is 17.4. The van der Waals surface area contributed by atoms with Gasteiger partial charge >= 0.3 is 0 Å². The highest BCUT2D eigenvalue weighted by Crippen LogP contribution is 2.30. The Morgan fingerprint density at radius 1 is 0.655 bits per heavy atom. The molecule has 6 heteroatoms. The monoisotopic (exact) mass is 394 g/mol. The van der Waals surface area contributed by atoms with Gasteiger partial charge in [-0.05, 0) is 71.2 Å². The van der Waals surface area contributed by atoms with Gasteiger partial charge in [0.1, 0.15) is 11.5 Å². The molecule has 2 heterocycles. The molecule has 6 nitrogen and oxygen atoms in total. The Hall–Kier alpha value is -3.02. The summed E-state index contributed by atoms with van der Waals surface area (Å²) in [7, 11) is 0. The fourth-order valence-electron chi connectivity index (χ4n) is 3.54. The van der Waals surface area contributed by atoms with Crippen molar-refractivity contribution in [3.63, 3.8) is 0 Å². The number of hydrogen-bond donors (Lipinski definition) is 0. The molecule has 0 spiro atoms. The third-order valence-electron chi connectivity index (χ3n) is 5.34. The molecular weight excluding hydrogens is 368 g/mol. The maximum atomic E-state index is 5.94. The van der Waals surface area contributed by atoms with Gasteiger partial charge in [0.15, 0.2) is 11.2 Å². The van der Waals surface area contributed by atoms with E-state index in [1.165, 1.54) is 0 Å². The first kappa shape index (κ1) is 19.3. The van der Waals surface area contributed by atoms with Gasteiger partial charge < -0.3 is 18.5 Å². The molecule has 4 rings (SSSR count). The minimum absolute atomic E-state index is 0.668. The summed E-state index contributed by atoms with van der Waals surface area (Å²) in [5.41, 5.74) is 5.43. The molecule has 0 saturated carbocycles. The van der Waals surface area contributed by atoms with Crippen molar-refractivity contribution in [1.29, 1.82) is 0 Å². The molecule has 2 aromatic heterocycles. The van der Waals surface area contributed by atoms with Crippen molar-refractivity contribution in [2.45, 2.75) is 47.0 Å². The molecule has 0 N–H and O–H groups in total. The molecule has 0 saturated heterocycles. The Kier molecular flexibility index (Phi) is 5.43. The average Bonchev–Trinajstić information content (AvgIpc) is 3.28. The zero-order valence-electron chi connectivity index (χ0n) is 17.4. The van der Waals surface area contributed by atoms with Gasteiger partial charge in [-0.15, -0.1) is 0 Å². The van der Waals surface area contributed by atoms with E-state index in [4.69, 9.17) is 18.5 Å². The maximum absolute atomic E-state index is 5.94. The van der Waals surface area contributed by atoms with Crippen LogP contribution in [0.2, 0.25) is 0 Å². The predicted molar refractivity (Wildman–Crippen MR) is 112 cm³/mol. The van der Waals surface area contributed by atoms with Crippen molar-refractivity contribution in [3.05, 3.63) is 46.8 Å². The summed E-state index contributed by atoms with van der Waals surface area (Å²) in [5.74, 6) is 1.72. The second-order valence-corrected chi connectivity index (χ2v) is 7.42. The first-order valence-electron chi connectivity index (χ1n) is 10.0. The van der Waals surface area contributed by atoms with Crippen LogP contribution >= 0.6 is 0 Å². The smallest absolute Gasteiger partial charge is 0.173 e. The van der Waals surface area contributed by atoms with E-state index in [2.05, 4.69) is 10.3 Å². The van der Waals surface area contributed by atoms with E-state index >= 15 is 0 Å². The second kappa shape index (κ2) is 8.15. The molecule has 4 aromatic rings. The first-order valence-corrected chi connectivity index (χ1v) is 10.0. The van der Waals surface area contributed by atoms with Gasteiger partial charge in [0, 0.05) is 21.9 Å². The molecular formula is C23H26N2O4. The fraction of sp³-hybridized carbons (Fsp3) is 0.391. The topological polar surface area (TPSA) is 70.5 Å². The highest BCUT2D eigenvalue weighted by Gasteiger charge is 2.12. The summed E-state index contributed by atoms with van der Waals surface area (Å²) in [6.45, 7) is 9.24. The predicted octanol–water partition coefficient (Wildman–Crippen LogP) is 5.83. The lowest BCUT2D eigenvalue weighted by Crippen LogP contribution is -2.02. The van der Waals surface area contributed by atoms with Crippen LogP contribution in [0.4, 0.5) is 0 Å². The molecule has 152 valence electrons. The summed E-state index contributed by atoms with van der Waals surface area (Å²) >= 11 is 0. The second-order valence-electron chi connectivity index (χ2n) is 7.42. The molecule has 0 radical (unpaired) electrons. The van der Waals surface area contributed by atoms with Gasteiger partial charge in [-0.2, -0.15) is 0 Å². The summed E-state index contributed by atoms with van der Waals surface area (Å²) < 4.78 is 22.7. The Labute approximate surface area is 169 Å². The first-order chi connectivity index (χ1) is 14.1. The molecule has 0 aliphatic carbocycles. The number of rotatable bonds is 8. The summed E-state index contributed by atoms with van der Waals surface area (Å²) in [5, 5.41) is 10.1. The number of aryl methyl sites for hydroxylation is 4. The van der Waals surface area contributed by atoms with Crippen LogP contribution in [-0.4, -0.2) is 23.5 Å². The van der Waals surface area contributed by atoms with Gasteiger partial charge in [0.25, 0.3) is 0 Å². The molecule has 0 aliphatic rings. The summed E-state index contributed by atoms with van der Waals surface area (Å²) in [4.78, 5) is 0. The summed E-state index contributed by atoms with van der Waals surface area (Å²) in [6, 6.07) is 8.00. The Bertz CT molecular complexity index is 1050. The highest BCUT2D eigenvalue weighted by molar-refractivity contribution is 5.84. The van der Waals surface area contributed by atoms with Crippen molar-refractivity contribution in [2.24, 2.45) is 0 Å². The van der Waals surface area contributed by atoms with Crippen LogP contribution < -0.4 is 9.47 Å². The van der Waals surface area contributed by atoms with E-state index in [9.17, 15) is 0 Å². The lowest BCUT2D eigenvalue weighted by molar-refractivity contribution is 0.277. The number of unbranched alkanes of at least 4 members (excludes halogenated alkanes) is 2. The third kappa shape index (κ3) is 3.79. The van der Waals surface area contributed by atoms with E-state index < -0.39 is 0 Å². The van der Waals surface area contributed by atoms with E-state index in [0.717, 1.165) is 75.2 Å². The van der Waals surface area contributed by atoms with Gasteiger partial charge in [-0.3, -0.25) is 0 Å². The van der Waals surface area contributed by atoms with Crippen LogP contribution in [0.5, 0.6) is 11.5 Å². The SMILES string of the molecule is Cc1noc2c(C)c(OCCCCCOc3ccc4c(C)noc4c3C)ccc12. The molecule has 0 amide bonds. The summed E-state index contributed by atoms with van der Waals surface area (Å²) in [6.07, 6.45) is 2.97. The van der Waals surface area contributed by atoms with Crippen molar-refractivity contribution >= 4 is 21.9 Å². The molecule has 0 fully saturated rings. The Balaban J connectivity index is 1.22. The minimum Gasteiger partial charge on any atom is -0.493 e. The normalized spacial score (nSPS) is 11.4. The van der Waals surface area contributed by atoms with Crippen molar-refractivity contribution < 1.29 is 18.5 Å². The minimum atomic E-state index is 0.668. The number of hydrogen-bond acceptors (Lipinski definition) is 6. The van der Waals surface area contributed by atoms with E-state index in [-0.39, 0.29) is 0 Å². The van der Waals surface area contributed by atoms with Crippen molar-refractivity contribution in [1.82, 2.24) is 10.3 Å². The van der Waals surface area contributed by atoms with Gasteiger partial charge in [0.2, 0.25) is 0 Å². The van der Waals surface area contributed by atoms with E-state index in [1.54, 1.807) is 0 Å². The fourth-order valence-corrected chi connectivity index (χ4v) is 3.54. The van der Waals surface area contributed by atoms with Gasteiger partial charge in [-0.25, -0.2) is 0 Å². The average molecular weight is 394 g/mol. The van der Waals surface area contributed by atoms with Crippen LogP contribution in [0.1, 0.15) is 41.8 Å². The van der Waals surface area contributed by atoms with Crippen molar-refractivity contribution in [2.75, 3.05) is 13.2 Å². The molecule has 0 bridgehead atoms. The van der Waals surface area contributed by atoms with Crippen LogP contribution in [0, 0.1) is 27.7 Å². The standard InChI is InChI=1S/C23H26N2O4/c1-14-20(10-8-18-16(3)24-28-22(14)18)26-12-6-5-7-13-27-21-11-9-19-17(4)25-29-23(19)15(21)2/h8-11H,5-7,12-13H2,1-4H3.